The SMILES string of the molecule is CC1CCC(NC(=O)C(N)Cc2ccccc2)C1. The summed E-state index contributed by atoms with van der Waals surface area (Å²) in [4.78, 5) is 12.0. The Hall–Kier alpha value is -1.35. The van der Waals surface area contributed by atoms with Crippen LogP contribution in [-0.2, 0) is 11.2 Å². The van der Waals surface area contributed by atoms with E-state index in [0.29, 0.717) is 12.5 Å². The van der Waals surface area contributed by atoms with Crippen LogP contribution in [-0.4, -0.2) is 18.0 Å². The van der Waals surface area contributed by atoms with Crippen LogP contribution in [0.1, 0.15) is 31.7 Å². The molecule has 1 fully saturated rings. The Morgan fingerprint density at radius 2 is 2.11 bits per heavy atom. The molecule has 0 spiro atoms. The van der Waals surface area contributed by atoms with E-state index in [1.54, 1.807) is 0 Å². The number of carbonyl (C=O) groups excluding carboxylic acids is 1. The van der Waals surface area contributed by atoms with E-state index in [1.807, 2.05) is 30.3 Å². The summed E-state index contributed by atoms with van der Waals surface area (Å²) in [7, 11) is 0. The Morgan fingerprint density at radius 1 is 1.39 bits per heavy atom. The van der Waals surface area contributed by atoms with Crippen molar-refractivity contribution in [2.24, 2.45) is 11.7 Å². The van der Waals surface area contributed by atoms with Crippen LogP contribution in [0.3, 0.4) is 0 Å². The lowest BCUT2D eigenvalue weighted by Crippen LogP contribution is -2.45. The minimum absolute atomic E-state index is 0.0158. The molecule has 18 heavy (non-hydrogen) atoms. The fourth-order valence-corrected chi connectivity index (χ4v) is 2.61. The fraction of sp³-hybridized carbons (Fsp3) is 0.533. The molecule has 3 nitrogen and oxygen atoms in total. The van der Waals surface area contributed by atoms with Crippen LogP contribution in [0.5, 0.6) is 0 Å². The lowest BCUT2D eigenvalue weighted by Gasteiger charge is -2.17. The van der Waals surface area contributed by atoms with Crippen LogP contribution in [0.25, 0.3) is 0 Å². The molecule has 0 bridgehead atoms. The Kier molecular flexibility index (Phi) is 4.37. The molecule has 98 valence electrons. The summed E-state index contributed by atoms with van der Waals surface area (Å²) in [5, 5.41) is 3.07. The number of amides is 1. The van der Waals surface area contributed by atoms with Gasteiger partial charge in [-0.15, -0.1) is 0 Å². The quantitative estimate of drug-likeness (QED) is 0.852. The third-order valence-electron chi connectivity index (χ3n) is 3.68. The molecule has 0 aromatic heterocycles. The monoisotopic (exact) mass is 246 g/mol. The van der Waals surface area contributed by atoms with Crippen molar-refractivity contribution in [1.29, 1.82) is 0 Å². The van der Waals surface area contributed by atoms with Crippen molar-refractivity contribution in [2.45, 2.75) is 44.7 Å². The van der Waals surface area contributed by atoms with E-state index in [0.717, 1.165) is 24.3 Å². The number of rotatable bonds is 4. The zero-order valence-electron chi connectivity index (χ0n) is 10.9. The smallest absolute Gasteiger partial charge is 0.237 e. The highest BCUT2D eigenvalue weighted by Crippen LogP contribution is 2.24. The number of nitrogens with two attached hydrogens (primary N) is 1. The van der Waals surface area contributed by atoms with Gasteiger partial charge in [0.25, 0.3) is 0 Å². The second-order valence-electron chi connectivity index (χ2n) is 5.42. The highest BCUT2D eigenvalue weighted by atomic mass is 16.2. The molecule has 3 heteroatoms. The van der Waals surface area contributed by atoms with Crippen LogP contribution < -0.4 is 11.1 Å². The molecule has 1 saturated carbocycles. The average molecular weight is 246 g/mol. The predicted molar refractivity (Wildman–Crippen MR) is 73.1 cm³/mol. The van der Waals surface area contributed by atoms with Crippen LogP contribution >= 0.6 is 0 Å². The van der Waals surface area contributed by atoms with Gasteiger partial charge < -0.3 is 11.1 Å². The fourth-order valence-electron chi connectivity index (χ4n) is 2.61. The zero-order valence-corrected chi connectivity index (χ0v) is 10.9. The second kappa shape index (κ2) is 6.01. The molecule has 2 rings (SSSR count). The van der Waals surface area contributed by atoms with Gasteiger partial charge in [0.05, 0.1) is 6.04 Å². The summed E-state index contributed by atoms with van der Waals surface area (Å²) in [6.45, 7) is 2.23. The maximum absolute atomic E-state index is 12.0. The van der Waals surface area contributed by atoms with Gasteiger partial charge in [-0.2, -0.15) is 0 Å². The summed E-state index contributed by atoms with van der Waals surface area (Å²) in [6.07, 6.45) is 3.99. The average Bonchev–Trinajstić information content (AvgIpc) is 2.76. The Labute approximate surface area is 109 Å². The van der Waals surface area contributed by atoms with Gasteiger partial charge in [-0.1, -0.05) is 37.3 Å². The Morgan fingerprint density at radius 3 is 2.72 bits per heavy atom. The molecule has 3 unspecified atom stereocenters. The normalized spacial score (nSPS) is 24.8. The van der Waals surface area contributed by atoms with Crippen LogP contribution in [0.4, 0.5) is 0 Å². The van der Waals surface area contributed by atoms with Gasteiger partial charge in [0.1, 0.15) is 0 Å². The summed E-state index contributed by atoms with van der Waals surface area (Å²) < 4.78 is 0. The number of nitrogens with one attached hydrogen (secondary N) is 1. The Bertz CT molecular complexity index is 391. The molecule has 1 amide bonds. The molecule has 3 atom stereocenters. The van der Waals surface area contributed by atoms with Crippen LogP contribution in [0, 0.1) is 5.92 Å². The lowest BCUT2D eigenvalue weighted by molar-refractivity contribution is -0.123. The summed E-state index contributed by atoms with van der Waals surface area (Å²) >= 11 is 0. The number of hydrogen-bond acceptors (Lipinski definition) is 2. The molecule has 0 heterocycles. The van der Waals surface area contributed by atoms with Crippen molar-refractivity contribution in [3.8, 4) is 0 Å². The zero-order chi connectivity index (χ0) is 13.0. The third-order valence-corrected chi connectivity index (χ3v) is 3.68. The molecule has 0 saturated heterocycles. The topological polar surface area (TPSA) is 55.1 Å². The minimum atomic E-state index is -0.441. The van der Waals surface area contributed by atoms with Gasteiger partial charge in [0.15, 0.2) is 0 Å². The van der Waals surface area contributed by atoms with E-state index in [4.69, 9.17) is 5.73 Å². The van der Waals surface area contributed by atoms with Crippen molar-refractivity contribution in [3.05, 3.63) is 35.9 Å². The van der Waals surface area contributed by atoms with Crippen molar-refractivity contribution in [2.75, 3.05) is 0 Å². The summed E-state index contributed by atoms with van der Waals surface area (Å²) in [6, 6.07) is 9.81. The molecular weight excluding hydrogens is 224 g/mol. The van der Waals surface area contributed by atoms with Crippen molar-refractivity contribution < 1.29 is 4.79 Å². The minimum Gasteiger partial charge on any atom is -0.352 e. The molecule has 1 aromatic carbocycles. The number of benzene rings is 1. The van der Waals surface area contributed by atoms with Crippen molar-refractivity contribution in [3.63, 3.8) is 0 Å². The van der Waals surface area contributed by atoms with Gasteiger partial charge in [0, 0.05) is 6.04 Å². The summed E-state index contributed by atoms with van der Waals surface area (Å²) in [5.41, 5.74) is 7.06. The first kappa shape index (κ1) is 13.1. The van der Waals surface area contributed by atoms with E-state index in [-0.39, 0.29) is 5.91 Å². The summed E-state index contributed by atoms with van der Waals surface area (Å²) in [5.74, 6) is 0.707. The standard InChI is InChI=1S/C15H22N2O/c1-11-7-8-13(9-11)17-15(18)14(16)10-12-5-3-2-4-6-12/h2-6,11,13-14H,7-10,16H2,1H3,(H,17,18). The maximum atomic E-state index is 12.0. The molecule has 1 aliphatic carbocycles. The molecule has 3 N–H and O–H groups in total. The van der Waals surface area contributed by atoms with E-state index in [1.165, 1.54) is 6.42 Å². The maximum Gasteiger partial charge on any atom is 0.237 e. The molecule has 0 radical (unpaired) electrons. The molecular formula is C15H22N2O. The van der Waals surface area contributed by atoms with Gasteiger partial charge in [0.2, 0.25) is 5.91 Å². The third kappa shape index (κ3) is 3.57. The van der Waals surface area contributed by atoms with Gasteiger partial charge in [-0.25, -0.2) is 0 Å². The van der Waals surface area contributed by atoms with Crippen molar-refractivity contribution >= 4 is 5.91 Å². The molecule has 1 aliphatic rings. The Balaban J connectivity index is 1.82. The first-order valence-corrected chi connectivity index (χ1v) is 6.75. The first-order valence-electron chi connectivity index (χ1n) is 6.75. The largest absolute Gasteiger partial charge is 0.352 e. The highest BCUT2D eigenvalue weighted by molar-refractivity contribution is 5.82. The molecule has 0 aliphatic heterocycles. The van der Waals surface area contributed by atoms with E-state index < -0.39 is 6.04 Å². The molecule has 1 aromatic rings. The van der Waals surface area contributed by atoms with Crippen LogP contribution in [0.2, 0.25) is 0 Å². The van der Waals surface area contributed by atoms with E-state index in [2.05, 4.69) is 12.2 Å². The van der Waals surface area contributed by atoms with Crippen molar-refractivity contribution in [1.82, 2.24) is 5.32 Å². The van der Waals surface area contributed by atoms with Gasteiger partial charge in [-0.05, 0) is 37.2 Å². The van der Waals surface area contributed by atoms with Gasteiger partial charge in [-0.3, -0.25) is 4.79 Å². The van der Waals surface area contributed by atoms with E-state index in [9.17, 15) is 4.79 Å². The number of hydrogen-bond donors (Lipinski definition) is 2. The highest BCUT2D eigenvalue weighted by Gasteiger charge is 2.24. The second-order valence-corrected chi connectivity index (χ2v) is 5.42. The van der Waals surface area contributed by atoms with Gasteiger partial charge >= 0.3 is 0 Å². The number of carbonyl (C=O) groups is 1. The van der Waals surface area contributed by atoms with E-state index >= 15 is 0 Å². The first-order chi connectivity index (χ1) is 8.65. The van der Waals surface area contributed by atoms with Crippen LogP contribution in [0.15, 0.2) is 30.3 Å². The lowest BCUT2D eigenvalue weighted by atomic mass is 10.1. The predicted octanol–water partition coefficient (Wildman–Crippen LogP) is 1.86.